The molecule has 29 heavy (non-hydrogen) atoms. The maximum Gasteiger partial charge on any atom is 0.0847 e. The van der Waals surface area contributed by atoms with Gasteiger partial charge in [-0.3, -0.25) is 9.88 Å². The summed E-state index contributed by atoms with van der Waals surface area (Å²) in [7, 11) is 2.23. The molecule has 1 fully saturated rings. The van der Waals surface area contributed by atoms with E-state index in [4.69, 9.17) is 0 Å². The van der Waals surface area contributed by atoms with Crippen molar-refractivity contribution in [1.29, 1.82) is 0 Å². The fraction of sp³-hybridized carbons (Fsp3) is 0.375. The van der Waals surface area contributed by atoms with Crippen molar-refractivity contribution in [1.82, 2.24) is 20.1 Å². The van der Waals surface area contributed by atoms with Crippen molar-refractivity contribution in [3.05, 3.63) is 76.4 Å². The molecule has 0 radical (unpaired) electrons. The Labute approximate surface area is 182 Å². The third kappa shape index (κ3) is 5.04. The van der Waals surface area contributed by atoms with Crippen molar-refractivity contribution >= 4 is 26.8 Å². The molecule has 152 valence electrons. The van der Waals surface area contributed by atoms with Gasteiger partial charge in [-0.05, 0) is 59.2 Å². The van der Waals surface area contributed by atoms with Gasteiger partial charge in [0.15, 0.2) is 0 Å². The number of halogens is 1. The molecule has 1 atom stereocenters. The Bertz CT molecular complexity index is 931. The van der Waals surface area contributed by atoms with E-state index in [1.807, 2.05) is 12.3 Å². The number of hydrogen-bond acceptors (Lipinski definition) is 4. The Morgan fingerprint density at radius 1 is 1.07 bits per heavy atom. The maximum absolute atomic E-state index is 4.50. The lowest BCUT2D eigenvalue weighted by Gasteiger charge is -2.40. The van der Waals surface area contributed by atoms with Gasteiger partial charge in [0.2, 0.25) is 0 Å². The minimum Gasteiger partial charge on any atom is -0.313 e. The molecule has 4 rings (SSSR count). The second-order valence-corrected chi connectivity index (χ2v) is 8.72. The quantitative estimate of drug-likeness (QED) is 0.535. The van der Waals surface area contributed by atoms with E-state index in [1.165, 1.54) is 16.5 Å². The van der Waals surface area contributed by atoms with Crippen molar-refractivity contribution < 1.29 is 0 Å². The Kier molecular flexibility index (Phi) is 6.93. The van der Waals surface area contributed by atoms with Crippen LogP contribution >= 0.6 is 15.9 Å². The van der Waals surface area contributed by atoms with Crippen LogP contribution in [0.25, 0.3) is 10.9 Å². The molecule has 2 heterocycles. The van der Waals surface area contributed by atoms with Crippen molar-refractivity contribution in [3.8, 4) is 0 Å². The molecule has 1 saturated heterocycles. The third-order valence-electron chi connectivity index (χ3n) is 5.81. The molecule has 1 aliphatic rings. The van der Waals surface area contributed by atoms with E-state index in [0.717, 1.165) is 55.7 Å². The number of piperazine rings is 1. The Hall–Kier alpha value is -1.79. The number of likely N-dealkylation sites (N-methyl/N-ethyl adjacent to an activating group) is 1. The number of pyridine rings is 1. The van der Waals surface area contributed by atoms with Gasteiger partial charge < -0.3 is 10.2 Å². The highest BCUT2D eigenvalue weighted by atomic mass is 79.9. The van der Waals surface area contributed by atoms with Crippen LogP contribution in [0, 0.1) is 0 Å². The molecule has 4 nitrogen and oxygen atoms in total. The van der Waals surface area contributed by atoms with E-state index in [0.29, 0.717) is 6.04 Å². The van der Waals surface area contributed by atoms with Gasteiger partial charge in [-0.1, -0.05) is 42.5 Å². The van der Waals surface area contributed by atoms with Gasteiger partial charge in [0.05, 0.1) is 5.52 Å². The third-order valence-corrected chi connectivity index (χ3v) is 6.44. The first-order chi connectivity index (χ1) is 14.2. The number of nitrogens with zero attached hydrogens (tertiary/aromatic N) is 3. The molecule has 0 saturated carbocycles. The average Bonchev–Trinajstić information content (AvgIpc) is 2.75. The molecule has 1 aliphatic heterocycles. The molecule has 0 aliphatic carbocycles. The first-order valence-electron chi connectivity index (χ1n) is 10.4. The zero-order valence-electron chi connectivity index (χ0n) is 17.0. The zero-order valence-corrected chi connectivity index (χ0v) is 18.6. The highest BCUT2D eigenvalue weighted by Gasteiger charge is 2.25. The number of aromatic nitrogens is 1. The highest BCUT2D eigenvalue weighted by molar-refractivity contribution is 9.10. The zero-order chi connectivity index (χ0) is 20.1. The summed E-state index contributed by atoms with van der Waals surface area (Å²) in [6.07, 6.45) is 3.05. The van der Waals surface area contributed by atoms with Gasteiger partial charge in [0.25, 0.3) is 0 Å². The molecule has 3 aromatic rings. The van der Waals surface area contributed by atoms with E-state index < -0.39 is 0 Å². The summed E-state index contributed by atoms with van der Waals surface area (Å²) in [4.78, 5) is 9.60. The van der Waals surface area contributed by atoms with Gasteiger partial charge in [0.1, 0.15) is 0 Å². The van der Waals surface area contributed by atoms with E-state index in [2.05, 4.69) is 91.6 Å². The second kappa shape index (κ2) is 9.81. The maximum atomic E-state index is 4.50. The lowest BCUT2D eigenvalue weighted by molar-refractivity contribution is 0.0888. The second-order valence-electron chi connectivity index (χ2n) is 7.86. The number of hydrogen-bond donors (Lipinski definition) is 1. The molecular weight excluding hydrogens is 424 g/mol. The summed E-state index contributed by atoms with van der Waals surface area (Å²) in [5.74, 6) is 0. The van der Waals surface area contributed by atoms with Gasteiger partial charge >= 0.3 is 0 Å². The van der Waals surface area contributed by atoms with Crippen LogP contribution in [0.15, 0.2) is 65.3 Å². The van der Waals surface area contributed by atoms with Crippen molar-refractivity contribution in [2.75, 3.05) is 39.8 Å². The summed E-state index contributed by atoms with van der Waals surface area (Å²) in [5, 5.41) is 4.86. The van der Waals surface area contributed by atoms with Gasteiger partial charge in [0, 0.05) is 54.8 Å². The SMILES string of the molecule is CN1CCN(CCCNCc2ccnc3c(Br)cccc23)C(c2ccccc2)C1. The number of para-hydroxylation sites is 1. The number of benzene rings is 2. The van der Waals surface area contributed by atoms with Crippen LogP contribution in [0.1, 0.15) is 23.6 Å². The van der Waals surface area contributed by atoms with Gasteiger partial charge in [-0.15, -0.1) is 0 Å². The van der Waals surface area contributed by atoms with E-state index >= 15 is 0 Å². The molecule has 0 bridgehead atoms. The summed E-state index contributed by atoms with van der Waals surface area (Å²) in [6, 6.07) is 19.8. The first-order valence-corrected chi connectivity index (χ1v) is 11.2. The fourth-order valence-electron chi connectivity index (χ4n) is 4.20. The number of fused-ring (bicyclic) bond motifs is 1. The van der Waals surface area contributed by atoms with Crippen LogP contribution in [-0.4, -0.2) is 54.6 Å². The smallest absolute Gasteiger partial charge is 0.0847 e. The molecule has 5 heteroatoms. The number of rotatable bonds is 7. The summed E-state index contributed by atoms with van der Waals surface area (Å²) in [5.41, 5.74) is 3.77. The molecule has 0 spiro atoms. The van der Waals surface area contributed by atoms with E-state index in [9.17, 15) is 0 Å². The van der Waals surface area contributed by atoms with E-state index in [1.54, 1.807) is 0 Å². The topological polar surface area (TPSA) is 31.4 Å². The normalized spacial score (nSPS) is 18.3. The number of nitrogens with one attached hydrogen (secondary N) is 1. The van der Waals surface area contributed by atoms with Crippen molar-refractivity contribution in [3.63, 3.8) is 0 Å². The predicted octanol–water partition coefficient (Wildman–Crippen LogP) is 4.47. The monoisotopic (exact) mass is 452 g/mol. The van der Waals surface area contributed by atoms with Crippen LogP contribution in [0.3, 0.4) is 0 Å². The van der Waals surface area contributed by atoms with Crippen LogP contribution in [-0.2, 0) is 6.54 Å². The van der Waals surface area contributed by atoms with Crippen LogP contribution in [0.2, 0.25) is 0 Å². The molecule has 1 aromatic heterocycles. The molecule has 1 N–H and O–H groups in total. The molecule has 2 aromatic carbocycles. The lowest BCUT2D eigenvalue weighted by Crippen LogP contribution is -2.47. The summed E-state index contributed by atoms with van der Waals surface area (Å²) in [6.45, 7) is 6.41. The Morgan fingerprint density at radius 3 is 2.79 bits per heavy atom. The van der Waals surface area contributed by atoms with E-state index in [-0.39, 0.29) is 0 Å². The van der Waals surface area contributed by atoms with Gasteiger partial charge in [-0.2, -0.15) is 0 Å². The average molecular weight is 453 g/mol. The molecule has 0 amide bonds. The van der Waals surface area contributed by atoms with Crippen molar-refractivity contribution in [2.24, 2.45) is 0 Å². The van der Waals surface area contributed by atoms with Crippen LogP contribution < -0.4 is 5.32 Å². The largest absolute Gasteiger partial charge is 0.313 e. The molecule has 1 unspecified atom stereocenters. The minimum absolute atomic E-state index is 0.497. The highest BCUT2D eigenvalue weighted by Crippen LogP contribution is 2.25. The van der Waals surface area contributed by atoms with Crippen LogP contribution in [0.4, 0.5) is 0 Å². The molecular formula is C24H29BrN4. The van der Waals surface area contributed by atoms with Gasteiger partial charge in [-0.25, -0.2) is 0 Å². The minimum atomic E-state index is 0.497. The first kappa shape index (κ1) is 20.5. The predicted molar refractivity (Wildman–Crippen MR) is 124 cm³/mol. The standard InChI is InChI=1S/C24H29BrN4/c1-28-15-16-29(23(18-28)19-7-3-2-4-8-19)14-6-12-26-17-20-11-13-27-24-21(20)9-5-10-22(24)25/h2-5,7-11,13,23,26H,6,12,14-18H2,1H3. The lowest BCUT2D eigenvalue weighted by atomic mass is 10.0. The summed E-state index contributed by atoms with van der Waals surface area (Å²) >= 11 is 3.61. The Morgan fingerprint density at radius 2 is 1.93 bits per heavy atom. The van der Waals surface area contributed by atoms with Crippen molar-refractivity contribution in [2.45, 2.75) is 19.0 Å². The fourth-order valence-corrected chi connectivity index (χ4v) is 4.67. The Balaban J connectivity index is 1.31. The summed E-state index contributed by atoms with van der Waals surface area (Å²) < 4.78 is 1.05. The van der Waals surface area contributed by atoms with Crippen LogP contribution in [0.5, 0.6) is 0 Å².